The molecule has 0 fully saturated rings. The summed E-state index contributed by atoms with van der Waals surface area (Å²) in [5, 5.41) is 0. The Balaban J connectivity index is 2.59. The van der Waals surface area contributed by atoms with Gasteiger partial charge >= 0.3 is 0 Å². The Hall–Kier alpha value is -1.96. The van der Waals surface area contributed by atoms with Crippen LogP contribution in [-0.2, 0) is 0 Å². The maximum Gasteiger partial charge on any atom is 0.131 e. The summed E-state index contributed by atoms with van der Waals surface area (Å²) in [5.41, 5.74) is 3.28. The van der Waals surface area contributed by atoms with Crippen molar-refractivity contribution in [3.8, 4) is 22.6 Å². The molecule has 0 bridgehead atoms. The first-order valence-electron chi connectivity index (χ1n) is 5.45. The third-order valence-corrected chi connectivity index (χ3v) is 2.70. The molecule has 0 aromatic heterocycles. The Labute approximate surface area is 102 Å². The normalized spacial score (nSPS) is 10.1. The number of aryl methyl sites for hydroxylation is 1. The van der Waals surface area contributed by atoms with Gasteiger partial charge in [-0.1, -0.05) is 29.8 Å². The molecule has 2 aromatic carbocycles. The molecule has 2 rings (SSSR count). The lowest BCUT2D eigenvalue weighted by molar-refractivity contribution is 0.397. The fraction of sp³-hybridized carbons (Fsp3) is 0.200. The highest BCUT2D eigenvalue weighted by Crippen LogP contribution is 2.37. The van der Waals surface area contributed by atoms with E-state index in [-0.39, 0.29) is 0 Å². The molecule has 87 valence electrons. The van der Waals surface area contributed by atoms with Crippen molar-refractivity contribution in [2.75, 3.05) is 14.2 Å². The minimum absolute atomic E-state index is 0.771. The van der Waals surface area contributed by atoms with E-state index in [2.05, 4.69) is 37.3 Å². The van der Waals surface area contributed by atoms with Crippen molar-refractivity contribution in [2.24, 2.45) is 0 Å². The van der Waals surface area contributed by atoms with Gasteiger partial charge in [-0.05, 0) is 30.7 Å². The van der Waals surface area contributed by atoms with Crippen LogP contribution in [0.5, 0.6) is 11.5 Å². The Morgan fingerprint density at radius 2 is 1.41 bits per heavy atom. The lowest BCUT2D eigenvalue weighted by Gasteiger charge is -2.13. The molecule has 2 heteroatoms. The highest BCUT2D eigenvalue weighted by atomic mass is 16.5. The van der Waals surface area contributed by atoms with Crippen molar-refractivity contribution in [1.29, 1.82) is 0 Å². The van der Waals surface area contributed by atoms with Gasteiger partial charge in [0.25, 0.3) is 0 Å². The van der Waals surface area contributed by atoms with Crippen LogP contribution in [-0.4, -0.2) is 14.2 Å². The molecule has 0 atom stereocenters. The zero-order valence-corrected chi connectivity index (χ0v) is 10.3. The van der Waals surface area contributed by atoms with Gasteiger partial charge in [0.2, 0.25) is 0 Å². The van der Waals surface area contributed by atoms with Crippen LogP contribution < -0.4 is 9.47 Å². The van der Waals surface area contributed by atoms with E-state index in [1.165, 1.54) is 5.56 Å². The van der Waals surface area contributed by atoms with Crippen LogP contribution in [0.2, 0.25) is 0 Å². The van der Waals surface area contributed by atoms with Gasteiger partial charge < -0.3 is 9.47 Å². The van der Waals surface area contributed by atoms with Gasteiger partial charge in [0, 0.05) is 0 Å². The van der Waals surface area contributed by atoms with E-state index in [1.807, 2.05) is 12.1 Å². The lowest BCUT2D eigenvalue weighted by Crippen LogP contribution is -1.93. The summed E-state index contributed by atoms with van der Waals surface area (Å²) in [6.45, 7) is 2.07. The lowest BCUT2D eigenvalue weighted by atomic mass is 10.0. The third kappa shape index (κ3) is 2.26. The van der Waals surface area contributed by atoms with Crippen molar-refractivity contribution in [1.82, 2.24) is 0 Å². The van der Waals surface area contributed by atoms with Crippen LogP contribution in [0.4, 0.5) is 0 Å². The molecule has 0 spiro atoms. The van der Waals surface area contributed by atoms with E-state index < -0.39 is 0 Å². The van der Waals surface area contributed by atoms with Gasteiger partial charge in [0.1, 0.15) is 11.5 Å². The van der Waals surface area contributed by atoms with Crippen LogP contribution in [0, 0.1) is 13.0 Å². The quantitative estimate of drug-likeness (QED) is 0.799. The molecule has 0 saturated heterocycles. The average molecular weight is 227 g/mol. The Morgan fingerprint density at radius 3 is 1.88 bits per heavy atom. The first kappa shape index (κ1) is 11.5. The fourth-order valence-corrected chi connectivity index (χ4v) is 1.79. The van der Waals surface area contributed by atoms with E-state index in [1.54, 1.807) is 14.2 Å². The molecule has 2 nitrogen and oxygen atoms in total. The largest absolute Gasteiger partial charge is 0.496 e. The zero-order valence-electron chi connectivity index (χ0n) is 10.3. The summed E-state index contributed by atoms with van der Waals surface area (Å²) in [6.07, 6.45) is 0. The highest BCUT2D eigenvalue weighted by Gasteiger charge is 2.11. The number of hydrogen-bond acceptors (Lipinski definition) is 2. The van der Waals surface area contributed by atoms with Gasteiger partial charge in [-0.25, -0.2) is 0 Å². The van der Waals surface area contributed by atoms with Crippen LogP contribution in [0.3, 0.4) is 0 Å². The fourth-order valence-electron chi connectivity index (χ4n) is 1.79. The minimum Gasteiger partial charge on any atom is -0.496 e. The Kier molecular flexibility index (Phi) is 3.33. The Bertz CT molecular complexity index is 479. The van der Waals surface area contributed by atoms with Gasteiger partial charge in [-0.2, -0.15) is 0 Å². The molecule has 0 amide bonds. The molecule has 0 N–H and O–H groups in total. The first-order chi connectivity index (χ1) is 8.26. The standard InChI is InChI=1S/C15H15O2/c1-11-7-9-12(10-8-11)15-13(16-2)5-4-6-14(15)17-3/h5-10H,1-3H3. The molecule has 0 aliphatic rings. The third-order valence-electron chi connectivity index (χ3n) is 2.70. The summed E-state index contributed by atoms with van der Waals surface area (Å²) in [5.74, 6) is 1.54. The highest BCUT2D eigenvalue weighted by molar-refractivity contribution is 5.76. The molecule has 17 heavy (non-hydrogen) atoms. The molecule has 1 radical (unpaired) electrons. The van der Waals surface area contributed by atoms with Gasteiger partial charge in [0.05, 0.1) is 19.8 Å². The molecule has 0 saturated carbocycles. The predicted octanol–water partition coefficient (Wildman–Crippen LogP) is 3.48. The van der Waals surface area contributed by atoms with Gasteiger partial charge in [0.15, 0.2) is 0 Å². The first-order valence-corrected chi connectivity index (χ1v) is 5.45. The SMILES string of the molecule is COc1c[c]cc(OC)c1-c1ccc(C)cc1. The van der Waals surface area contributed by atoms with E-state index in [9.17, 15) is 0 Å². The number of benzene rings is 2. The summed E-state index contributed by atoms with van der Waals surface area (Å²) < 4.78 is 10.7. The smallest absolute Gasteiger partial charge is 0.131 e. The van der Waals surface area contributed by atoms with Gasteiger partial charge in [-0.15, -0.1) is 0 Å². The summed E-state index contributed by atoms with van der Waals surface area (Å²) >= 11 is 0. The van der Waals surface area contributed by atoms with E-state index in [4.69, 9.17) is 9.47 Å². The second-order valence-corrected chi connectivity index (χ2v) is 3.83. The van der Waals surface area contributed by atoms with Crippen molar-refractivity contribution in [2.45, 2.75) is 6.92 Å². The van der Waals surface area contributed by atoms with Gasteiger partial charge in [-0.3, -0.25) is 0 Å². The van der Waals surface area contributed by atoms with E-state index in [0.717, 1.165) is 22.6 Å². The van der Waals surface area contributed by atoms with Crippen molar-refractivity contribution >= 4 is 0 Å². The van der Waals surface area contributed by atoms with Crippen molar-refractivity contribution < 1.29 is 9.47 Å². The summed E-state index contributed by atoms with van der Waals surface area (Å²) in [6, 6.07) is 14.9. The maximum absolute atomic E-state index is 5.36. The number of rotatable bonds is 3. The van der Waals surface area contributed by atoms with E-state index >= 15 is 0 Å². The van der Waals surface area contributed by atoms with Crippen LogP contribution >= 0.6 is 0 Å². The molecular formula is C15H15O2. The number of hydrogen-bond donors (Lipinski definition) is 0. The van der Waals surface area contributed by atoms with Crippen molar-refractivity contribution in [3.63, 3.8) is 0 Å². The molecule has 0 unspecified atom stereocenters. The summed E-state index contributed by atoms with van der Waals surface area (Å²) in [7, 11) is 3.31. The monoisotopic (exact) mass is 227 g/mol. The Morgan fingerprint density at radius 1 is 0.882 bits per heavy atom. The minimum atomic E-state index is 0.771. The maximum atomic E-state index is 5.36. The second-order valence-electron chi connectivity index (χ2n) is 3.83. The van der Waals surface area contributed by atoms with E-state index in [0.29, 0.717) is 0 Å². The number of methoxy groups -OCH3 is 2. The molecule has 0 aliphatic carbocycles. The zero-order chi connectivity index (χ0) is 12.3. The van der Waals surface area contributed by atoms with Crippen molar-refractivity contribution in [3.05, 3.63) is 48.0 Å². The van der Waals surface area contributed by atoms with Crippen LogP contribution in [0.25, 0.3) is 11.1 Å². The molecule has 0 heterocycles. The number of ether oxygens (including phenoxy) is 2. The molecule has 2 aromatic rings. The average Bonchev–Trinajstić information content (AvgIpc) is 2.38. The summed E-state index contributed by atoms with van der Waals surface area (Å²) in [4.78, 5) is 0. The van der Waals surface area contributed by atoms with Crippen LogP contribution in [0.1, 0.15) is 5.56 Å². The molecular weight excluding hydrogens is 212 g/mol. The van der Waals surface area contributed by atoms with Crippen LogP contribution in [0.15, 0.2) is 36.4 Å². The second kappa shape index (κ2) is 4.91. The molecule has 0 aliphatic heterocycles. The topological polar surface area (TPSA) is 18.5 Å². The predicted molar refractivity (Wildman–Crippen MR) is 68.6 cm³/mol.